The molecule has 1 saturated heterocycles. The summed E-state index contributed by atoms with van der Waals surface area (Å²) in [6.45, 7) is 6.30. The van der Waals surface area contributed by atoms with Gasteiger partial charge in [-0.05, 0) is 18.8 Å². The van der Waals surface area contributed by atoms with Crippen LogP contribution in [0.25, 0.3) is 0 Å². The van der Waals surface area contributed by atoms with Gasteiger partial charge in [0, 0.05) is 19.7 Å². The molecule has 1 unspecified atom stereocenters. The maximum absolute atomic E-state index is 11.8. The van der Waals surface area contributed by atoms with Gasteiger partial charge in [-0.25, -0.2) is 9.97 Å². The molecule has 6 heteroatoms. The summed E-state index contributed by atoms with van der Waals surface area (Å²) in [6.07, 6.45) is 5.53. The molecule has 20 heavy (non-hydrogen) atoms. The van der Waals surface area contributed by atoms with Crippen LogP contribution in [-0.2, 0) is 4.74 Å². The minimum Gasteiger partial charge on any atom is -0.376 e. The molecule has 0 saturated carbocycles. The third kappa shape index (κ3) is 4.45. The van der Waals surface area contributed by atoms with Crippen LogP contribution in [0.5, 0.6) is 0 Å². The highest BCUT2D eigenvalue weighted by Gasteiger charge is 2.15. The Morgan fingerprint density at radius 2 is 2.30 bits per heavy atom. The van der Waals surface area contributed by atoms with Gasteiger partial charge >= 0.3 is 0 Å². The van der Waals surface area contributed by atoms with Crippen LogP contribution in [0.4, 0.5) is 5.82 Å². The Kier molecular flexibility index (Phi) is 5.29. The van der Waals surface area contributed by atoms with Crippen LogP contribution < -0.4 is 10.6 Å². The van der Waals surface area contributed by atoms with E-state index in [1.54, 1.807) is 6.20 Å². The van der Waals surface area contributed by atoms with E-state index in [1.165, 1.54) is 6.20 Å². The first-order valence-corrected chi connectivity index (χ1v) is 7.11. The fourth-order valence-corrected chi connectivity index (χ4v) is 1.95. The van der Waals surface area contributed by atoms with Gasteiger partial charge in [0.15, 0.2) is 0 Å². The Bertz CT molecular complexity index is 427. The van der Waals surface area contributed by atoms with Crippen molar-refractivity contribution in [1.29, 1.82) is 0 Å². The monoisotopic (exact) mass is 278 g/mol. The molecule has 1 aromatic rings. The average Bonchev–Trinajstić information content (AvgIpc) is 2.96. The Hall–Kier alpha value is -1.69. The van der Waals surface area contributed by atoms with Crippen LogP contribution in [0.15, 0.2) is 12.4 Å². The third-order valence-corrected chi connectivity index (χ3v) is 3.09. The number of hydrogen-bond donors (Lipinski definition) is 2. The number of rotatable bonds is 6. The van der Waals surface area contributed by atoms with Gasteiger partial charge in [0.25, 0.3) is 5.91 Å². The molecule has 2 N–H and O–H groups in total. The summed E-state index contributed by atoms with van der Waals surface area (Å²) in [7, 11) is 0. The minimum atomic E-state index is -0.183. The smallest absolute Gasteiger partial charge is 0.271 e. The highest BCUT2D eigenvalue weighted by Crippen LogP contribution is 2.12. The third-order valence-electron chi connectivity index (χ3n) is 3.09. The number of carbonyl (C=O) groups is 1. The van der Waals surface area contributed by atoms with Crippen molar-refractivity contribution in [2.45, 2.75) is 32.8 Å². The molecule has 0 bridgehead atoms. The molecule has 1 atom stereocenters. The van der Waals surface area contributed by atoms with Crippen molar-refractivity contribution >= 4 is 11.7 Å². The van der Waals surface area contributed by atoms with Gasteiger partial charge in [0.2, 0.25) is 0 Å². The fourth-order valence-electron chi connectivity index (χ4n) is 1.95. The van der Waals surface area contributed by atoms with Crippen molar-refractivity contribution < 1.29 is 9.53 Å². The van der Waals surface area contributed by atoms with Crippen molar-refractivity contribution in [3.05, 3.63) is 18.1 Å². The molecule has 0 aromatic carbocycles. The lowest BCUT2D eigenvalue weighted by Crippen LogP contribution is -2.28. The van der Waals surface area contributed by atoms with Crippen molar-refractivity contribution in [1.82, 2.24) is 15.3 Å². The second kappa shape index (κ2) is 7.19. The van der Waals surface area contributed by atoms with E-state index in [1.807, 2.05) is 13.8 Å². The molecule has 0 radical (unpaired) electrons. The SMILES string of the molecule is CC(C)CNC(=O)c1cnc(NCC2CCCO2)cn1. The first-order chi connectivity index (χ1) is 9.65. The summed E-state index contributed by atoms with van der Waals surface area (Å²) in [4.78, 5) is 20.1. The van der Waals surface area contributed by atoms with Gasteiger partial charge in [-0.15, -0.1) is 0 Å². The molecule has 1 aliphatic heterocycles. The summed E-state index contributed by atoms with van der Waals surface area (Å²) < 4.78 is 5.52. The summed E-state index contributed by atoms with van der Waals surface area (Å²) in [5.74, 6) is 0.900. The van der Waals surface area contributed by atoms with E-state index in [0.717, 1.165) is 26.0 Å². The quantitative estimate of drug-likeness (QED) is 0.823. The molecule has 6 nitrogen and oxygen atoms in total. The largest absolute Gasteiger partial charge is 0.376 e. The average molecular weight is 278 g/mol. The maximum atomic E-state index is 11.8. The lowest BCUT2D eigenvalue weighted by atomic mass is 10.2. The standard InChI is InChI=1S/C14H22N4O2/c1-10(2)6-18-14(19)12-8-17-13(9-15-12)16-7-11-4-3-5-20-11/h8-11H,3-7H2,1-2H3,(H,16,17)(H,18,19). The molecule has 1 amide bonds. The predicted octanol–water partition coefficient (Wildman–Crippen LogP) is 1.45. The van der Waals surface area contributed by atoms with E-state index >= 15 is 0 Å². The second-order valence-electron chi connectivity index (χ2n) is 5.41. The zero-order valence-corrected chi connectivity index (χ0v) is 12.1. The Morgan fingerprint density at radius 3 is 2.90 bits per heavy atom. The molecule has 0 spiro atoms. The molecular weight excluding hydrogens is 256 g/mol. The Labute approximate surface area is 119 Å². The molecule has 2 heterocycles. The van der Waals surface area contributed by atoms with Crippen LogP contribution in [0.2, 0.25) is 0 Å². The van der Waals surface area contributed by atoms with Gasteiger partial charge in [0.05, 0.1) is 18.5 Å². The normalized spacial score (nSPS) is 18.2. The van der Waals surface area contributed by atoms with Crippen LogP contribution in [0, 0.1) is 5.92 Å². The number of ether oxygens (including phenoxy) is 1. The molecule has 0 aliphatic carbocycles. The second-order valence-corrected chi connectivity index (χ2v) is 5.41. The lowest BCUT2D eigenvalue weighted by molar-refractivity contribution is 0.0943. The van der Waals surface area contributed by atoms with E-state index in [0.29, 0.717) is 24.0 Å². The predicted molar refractivity (Wildman–Crippen MR) is 76.7 cm³/mol. The maximum Gasteiger partial charge on any atom is 0.271 e. The van der Waals surface area contributed by atoms with E-state index in [-0.39, 0.29) is 12.0 Å². The summed E-state index contributed by atoms with van der Waals surface area (Å²) in [5.41, 5.74) is 0.341. The lowest BCUT2D eigenvalue weighted by Gasteiger charge is -2.11. The van der Waals surface area contributed by atoms with Crippen molar-refractivity contribution in [3.63, 3.8) is 0 Å². The number of aromatic nitrogens is 2. The van der Waals surface area contributed by atoms with Crippen LogP contribution in [-0.4, -0.2) is 41.7 Å². The number of anilines is 1. The summed E-state index contributed by atoms with van der Waals surface area (Å²) >= 11 is 0. The van der Waals surface area contributed by atoms with Crippen molar-refractivity contribution in [2.24, 2.45) is 5.92 Å². The summed E-state index contributed by atoms with van der Waals surface area (Å²) in [6, 6.07) is 0. The number of carbonyl (C=O) groups excluding carboxylic acids is 1. The van der Waals surface area contributed by atoms with Gasteiger partial charge in [-0.2, -0.15) is 0 Å². The van der Waals surface area contributed by atoms with Crippen molar-refractivity contribution in [3.8, 4) is 0 Å². The van der Waals surface area contributed by atoms with E-state index in [2.05, 4.69) is 20.6 Å². The topological polar surface area (TPSA) is 76.1 Å². The zero-order valence-electron chi connectivity index (χ0n) is 12.1. The first kappa shape index (κ1) is 14.7. The molecule has 1 aromatic heterocycles. The van der Waals surface area contributed by atoms with Crippen LogP contribution in [0.1, 0.15) is 37.2 Å². The molecule has 2 rings (SSSR count). The zero-order chi connectivity index (χ0) is 14.4. The molecule has 1 fully saturated rings. The van der Waals surface area contributed by atoms with Gasteiger partial charge in [-0.1, -0.05) is 13.8 Å². The van der Waals surface area contributed by atoms with Gasteiger partial charge in [0.1, 0.15) is 11.5 Å². The number of nitrogens with zero attached hydrogens (tertiary/aromatic N) is 2. The summed E-state index contributed by atoms with van der Waals surface area (Å²) in [5, 5.41) is 5.99. The number of amides is 1. The van der Waals surface area contributed by atoms with Gasteiger partial charge in [-0.3, -0.25) is 4.79 Å². The first-order valence-electron chi connectivity index (χ1n) is 7.11. The number of nitrogens with one attached hydrogen (secondary N) is 2. The van der Waals surface area contributed by atoms with E-state index in [9.17, 15) is 4.79 Å². The Balaban J connectivity index is 1.80. The number of hydrogen-bond acceptors (Lipinski definition) is 5. The molecular formula is C14H22N4O2. The van der Waals surface area contributed by atoms with Crippen molar-refractivity contribution in [2.75, 3.05) is 25.0 Å². The fraction of sp³-hybridized carbons (Fsp3) is 0.643. The Morgan fingerprint density at radius 1 is 1.45 bits per heavy atom. The van der Waals surface area contributed by atoms with Gasteiger partial charge < -0.3 is 15.4 Å². The minimum absolute atomic E-state index is 0.183. The molecule has 1 aliphatic rings. The van der Waals surface area contributed by atoms with E-state index in [4.69, 9.17) is 4.74 Å². The van der Waals surface area contributed by atoms with Crippen LogP contribution in [0.3, 0.4) is 0 Å². The highest BCUT2D eigenvalue weighted by atomic mass is 16.5. The van der Waals surface area contributed by atoms with E-state index < -0.39 is 0 Å². The van der Waals surface area contributed by atoms with Crippen LogP contribution >= 0.6 is 0 Å². The highest BCUT2D eigenvalue weighted by molar-refractivity contribution is 5.91. The molecule has 110 valence electrons.